The molecule has 40 heavy (non-hydrogen) atoms. The van der Waals surface area contributed by atoms with Gasteiger partial charge < -0.3 is 30.1 Å². The number of rotatable bonds is 12. The molecule has 3 N–H and O–H groups in total. The first-order valence-corrected chi connectivity index (χ1v) is 14.8. The summed E-state index contributed by atoms with van der Waals surface area (Å²) in [5, 5.41) is 15.4. The van der Waals surface area contributed by atoms with Crippen LogP contribution in [0.4, 0.5) is 5.69 Å². The van der Waals surface area contributed by atoms with E-state index in [-0.39, 0.29) is 29.7 Å². The first kappa shape index (κ1) is 30.3. The number of ether oxygens (including phenoxy) is 2. The van der Waals surface area contributed by atoms with Crippen molar-refractivity contribution in [2.45, 2.75) is 103 Å². The summed E-state index contributed by atoms with van der Waals surface area (Å²) in [4.78, 5) is 43.4. The van der Waals surface area contributed by atoms with Crippen LogP contribution in [0.25, 0.3) is 0 Å². The fourth-order valence-electron chi connectivity index (χ4n) is 7.36. The van der Waals surface area contributed by atoms with Crippen molar-refractivity contribution in [1.82, 2.24) is 10.2 Å². The third-order valence-electron chi connectivity index (χ3n) is 8.28. The highest BCUT2D eigenvalue weighted by atomic mass is 16.5. The van der Waals surface area contributed by atoms with Gasteiger partial charge in [-0.3, -0.25) is 14.4 Å². The summed E-state index contributed by atoms with van der Waals surface area (Å²) in [5.41, 5.74) is -0.896. The van der Waals surface area contributed by atoms with E-state index in [2.05, 4.69) is 31.4 Å². The monoisotopic (exact) mass is 557 g/mol. The molecule has 9 nitrogen and oxygen atoms in total. The summed E-state index contributed by atoms with van der Waals surface area (Å²) < 4.78 is 12.0. The SMILES string of the molecule is CCOc1ccc(NC(=O)[C@@H]2[C@H]3C(=O)N(CCCCCO)C(C(=O)NC(C)(C)CC(C)(C)C)C34CC[C@H]2O4)cc1. The molecule has 9 heteroatoms. The van der Waals surface area contributed by atoms with Crippen molar-refractivity contribution in [3.8, 4) is 5.75 Å². The number of hydrogen-bond acceptors (Lipinski definition) is 6. The van der Waals surface area contributed by atoms with Crippen LogP contribution in [0.3, 0.4) is 0 Å². The van der Waals surface area contributed by atoms with Gasteiger partial charge in [0, 0.05) is 24.4 Å². The summed E-state index contributed by atoms with van der Waals surface area (Å²) in [7, 11) is 0. The van der Waals surface area contributed by atoms with Gasteiger partial charge in [-0.2, -0.15) is 0 Å². The highest BCUT2D eigenvalue weighted by Crippen LogP contribution is 2.58. The molecule has 2 bridgehead atoms. The number of nitrogens with zero attached hydrogens (tertiary/aromatic N) is 1. The van der Waals surface area contributed by atoms with Crippen molar-refractivity contribution < 1.29 is 29.0 Å². The maximum absolute atomic E-state index is 14.0. The smallest absolute Gasteiger partial charge is 0.246 e. The third-order valence-corrected chi connectivity index (χ3v) is 8.28. The van der Waals surface area contributed by atoms with Crippen LogP contribution in [0.1, 0.15) is 80.1 Å². The van der Waals surface area contributed by atoms with Gasteiger partial charge in [0.05, 0.1) is 24.5 Å². The van der Waals surface area contributed by atoms with Crippen molar-refractivity contribution in [3.63, 3.8) is 0 Å². The molecule has 0 aliphatic carbocycles. The topological polar surface area (TPSA) is 117 Å². The van der Waals surface area contributed by atoms with Gasteiger partial charge in [-0.05, 0) is 89.0 Å². The molecule has 3 heterocycles. The Morgan fingerprint density at radius 2 is 1.80 bits per heavy atom. The lowest BCUT2D eigenvalue weighted by Gasteiger charge is -2.38. The highest BCUT2D eigenvalue weighted by molar-refractivity contribution is 6.02. The van der Waals surface area contributed by atoms with Gasteiger partial charge in [0.1, 0.15) is 17.4 Å². The Bertz CT molecular complexity index is 1080. The van der Waals surface area contributed by atoms with Gasteiger partial charge in [0.25, 0.3) is 0 Å². The quantitative estimate of drug-likeness (QED) is 0.336. The van der Waals surface area contributed by atoms with E-state index in [0.717, 1.165) is 12.8 Å². The standard InChI is InChI=1S/C31H47N3O6/c1-7-39-21-13-11-20(12-14-21)32-26(36)23-22-15-16-31(40-22)24(23)28(38)34(17-9-8-10-18-35)25(31)27(37)33-30(5,6)19-29(2,3)4/h11-14,22-25,35H,7-10,15-19H2,1-6H3,(H,32,36)(H,33,37)/t22-,23+,24+,25?,31?/m1/s1. The van der Waals surface area contributed by atoms with Gasteiger partial charge in [-0.25, -0.2) is 0 Å². The molecule has 1 spiro atoms. The van der Waals surface area contributed by atoms with E-state index >= 15 is 0 Å². The number of nitrogens with one attached hydrogen (secondary N) is 2. The summed E-state index contributed by atoms with van der Waals surface area (Å²) in [6, 6.07) is 6.36. The summed E-state index contributed by atoms with van der Waals surface area (Å²) in [6.07, 6.45) is 3.58. The zero-order valence-corrected chi connectivity index (χ0v) is 24.9. The van der Waals surface area contributed by atoms with E-state index in [1.807, 2.05) is 20.8 Å². The average Bonchev–Trinajstić information content (AvgIpc) is 3.49. The van der Waals surface area contributed by atoms with E-state index in [4.69, 9.17) is 9.47 Å². The molecule has 5 atom stereocenters. The van der Waals surface area contributed by atoms with Gasteiger partial charge >= 0.3 is 0 Å². The number of hydrogen-bond donors (Lipinski definition) is 3. The van der Waals surface area contributed by atoms with Crippen molar-refractivity contribution in [3.05, 3.63) is 24.3 Å². The lowest BCUT2D eigenvalue weighted by Crippen LogP contribution is -2.59. The van der Waals surface area contributed by atoms with E-state index in [9.17, 15) is 19.5 Å². The van der Waals surface area contributed by atoms with Crippen LogP contribution in [-0.2, 0) is 19.1 Å². The summed E-state index contributed by atoms with van der Waals surface area (Å²) in [6.45, 7) is 13.4. The van der Waals surface area contributed by atoms with Crippen molar-refractivity contribution in [2.75, 3.05) is 25.1 Å². The van der Waals surface area contributed by atoms with Gasteiger partial charge in [-0.1, -0.05) is 20.8 Å². The van der Waals surface area contributed by atoms with Crippen molar-refractivity contribution in [1.29, 1.82) is 0 Å². The van der Waals surface area contributed by atoms with Crippen LogP contribution in [0.5, 0.6) is 5.75 Å². The van der Waals surface area contributed by atoms with Crippen molar-refractivity contribution >= 4 is 23.4 Å². The Morgan fingerprint density at radius 1 is 1.10 bits per heavy atom. The van der Waals surface area contributed by atoms with Crippen LogP contribution in [0.2, 0.25) is 0 Å². The Balaban J connectivity index is 1.59. The normalized spacial score (nSPS) is 27.6. The number of aliphatic hydroxyl groups excluding tert-OH is 1. The Kier molecular flexibility index (Phi) is 8.85. The maximum Gasteiger partial charge on any atom is 0.246 e. The van der Waals surface area contributed by atoms with E-state index in [1.165, 1.54) is 0 Å². The summed E-state index contributed by atoms with van der Waals surface area (Å²) in [5.74, 6) is -1.34. The number of aliphatic hydroxyl groups is 1. The zero-order valence-electron chi connectivity index (χ0n) is 24.9. The second-order valence-corrected chi connectivity index (χ2v) is 13.4. The summed E-state index contributed by atoms with van der Waals surface area (Å²) >= 11 is 0. The highest BCUT2D eigenvalue weighted by Gasteiger charge is 2.74. The van der Waals surface area contributed by atoms with E-state index in [0.29, 0.717) is 50.3 Å². The van der Waals surface area contributed by atoms with Gasteiger partial charge in [0.2, 0.25) is 17.7 Å². The molecule has 3 fully saturated rings. The van der Waals surface area contributed by atoms with Crippen LogP contribution in [0.15, 0.2) is 24.3 Å². The van der Waals surface area contributed by atoms with Crippen LogP contribution >= 0.6 is 0 Å². The predicted molar refractivity (Wildman–Crippen MR) is 153 cm³/mol. The fourth-order valence-corrected chi connectivity index (χ4v) is 7.36. The largest absolute Gasteiger partial charge is 0.494 e. The molecular formula is C31H47N3O6. The number of amides is 3. The van der Waals surface area contributed by atoms with E-state index < -0.39 is 35.1 Å². The number of carbonyl (C=O) groups excluding carboxylic acids is 3. The van der Waals surface area contributed by atoms with Crippen LogP contribution in [-0.4, -0.2) is 70.8 Å². The lowest BCUT2D eigenvalue weighted by molar-refractivity contribution is -0.142. The second kappa shape index (κ2) is 11.7. The molecular weight excluding hydrogens is 510 g/mol. The Labute approximate surface area is 238 Å². The molecule has 4 rings (SSSR count). The molecule has 1 aromatic carbocycles. The van der Waals surface area contributed by atoms with Gasteiger partial charge in [0.15, 0.2) is 0 Å². The molecule has 222 valence electrons. The van der Waals surface area contributed by atoms with E-state index in [1.54, 1.807) is 29.2 Å². The molecule has 0 saturated carbocycles. The number of anilines is 1. The zero-order chi connectivity index (χ0) is 29.3. The minimum absolute atomic E-state index is 0.000554. The Morgan fingerprint density at radius 3 is 2.42 bits per heavy atom. The third kappa shape index (κ3) is 6.15. The van der Waals surface area contributed by atoms with Crippen LogP contribution in [0, 0.1) is 17.3 Å². The molecule has 0 radical (unpaired) electrons. The minimum atomic E-state index is -1.03. The number of unbranched alkanes of at least 4 members (excludes halogenated alkanes) is 2. The lowest BCUT2D eigenvalue weighted by atomic mass is 9.70. The van der Waals surface area contributed by atoms with Gasteiger partial charge in [-0.15, -0.1) is 0 Å². The molecule has 1 aromatic rings. The first-order valence-electron chi connectivity index (χ1n) is 14.8. The average molecular weight is 558 g/mol. The molecule has 3 aliphatic rings. The first-order chi connectivity index (χ1) is 18.8. The minimum Gasteiger partial charge on any atom is -0.494 e. The predicted octanol–water partition coefficient (Wildman–Crippen LogP) is 3.89. The second-order valence-electron chi connectivity index (χ2n) is 13.4. The molecule has 3 amide bonds. The Hall–Kier alpha value is -2.65. The molecule has 0 aromatic heterocycles. The number of fused-ring (bicyclic) bond motifs is 1. The number of carbonyl (C=O) groups is 3. The fraction of sp³-hybridized carbons (Fsp3) is 0.710. The molecule has 3 aliphatic heterocycles. The van der Waals surface area contributed by atoms with Crippen LogP contribution < -0.4 is 15.4 Å². The maximum atomic E-state index is 14.0. The molecule has 3 saturated heterocycles. The number of benzene rings is 1. The number of likely N-dealkylation sites (tertiary alicyclic amines) is 1. The van der Waals surface area contributed by atoms with Crippen molar-refractivity contribution in [2.24, 2.45) is 17.3 Å². The molecule has 2 unspecified atom stereocenters.